The summed E-state index contributed by atoms with van der Waals surface area (Å²) in [5.74, 6) is 0. The van der Waals surface area contributed by atoms with Gasteiger partial charge in [0.25, 0.3) is 0 Å². The van der Waals surface area contributed by atoms with Gasteiger partial charge in [-0.15, -0.1) is 0 Å². The highest BCUT2D eigenvalue weighted by Gasteiger charge is 2.82. The molecule has 6 aliphatic rings. The first-order chi connectivity index (χ1) is 12.5. The van der Waals surface area contributed by atoms with Crippen molar-refractivity contribution in [3.05, 3.63) is 0 Å². The first-order valence-corrected chi connectivity index (χ1v) is 24.2. The van der Waals surface area contributed by atoms with E-state index in [0.717, 1.165) is 0 Å². The Labute approximate surface area is 167 Å². The summed E-state index contributed by atoms with van der Waals surface area (Å²) in [6.45, 7) is 7.22. The minimum atomic E-state index is -4.90. The Balaban J connectivity index is 1.79. The van der Waals surface area contributed by atoms with Crippen LogP contribution in [0.1, 0.15) is 0 Å². The lowest BCUT2D eigenvalue weighted by Gasteiger charge is -2.57. The zero-order chi connectivity index (χ0) is 20.5. The van der Waals surface area contributed by atoms with Gasteiger partial charge in [-0.2, -0.15) is 0 Å². The summed E-state index contributed by atoms with van der Waals surface area (Å²) in [4.78, 5) is 32.8. The first kappa shape index (κ1) is 21.0. The number of rotatable bonds is 0. The fourth-order valence-corrected chi connectivity index (χ4v) is 42.1. The predicted octanol–water partition coefficient (Wildman–Crippen LogP) is -2.62. The van der Waals surface area contributed by atoms with Gasteiger partial charge >= 0.3 is 71.2 Å². The number of hydrogen-bond acceptors (Lipinski definition) is 15. The lowest BCUT2D eigenvalue weighted by molar-refractivity contribution is -0.0767. The summed E-state index contributed by atoms with van der Waals surface area (Å²) in [5, 5.41) is 0. The van der Waals surface area contributed by atoms with Gasteiger partial charge in [-0.3, -0.25) is 0 Å². The van der Waals surface area contributed by atoms with Crippen LogP contribution < -0.4 is 0 Å². The van der Waals surface area contributed by atoms with E-state index in [1.165, 1.54) is 32.7 Å². The highest BCUT2D eigenvalue weighted by atomic mass is 28.6. The lowest BCUT2D eigenvalue weighted by atomic mass is 11.9. The molecule has 0 saturated carbocycles. The lowest BCUT2D eigenvalue weighted by Crippen LogP contribution is -2.87. The molecule has 0 aromatic rings. The summed E-state index contributed by atoms with van der Waals surface area (Å²) in [6, 6.07) is 0. The highest BCUT2D eigenvalue weighted by Crippen LogP contribution is 2.46. The molecule has 0 aromatic carbocycles. The maximum absolute atomic E-state index is 11.0. The molecule has 6 saturated heterocycles. The molecule has 0 aliphatic carbocycles. The van der Waals surface area contributed by atoms with Crippen molar-refractivity contribution in [1.82, 2.24) is 0 Å². The van der Waals surface area contributed by atoms with E-state index in [2.05, 4.69) is 0 Å². The third-order valence-corrected chi connectivity index (χ3v) is 35.5. The van der Waals surface area contributed by atoms with Crippen LogP contribution in [0, 0.1) is 0 Å². The van der Waals surface area contributed by atoms with Crippen LogP contribution in [-0.2, 0) is 49.4 Å². The van der Waals surface area contributed by atoms with Crippen molar-refractivity contribution in [2.75, 3.05) is 0 Å². The zero-order valence-electron chi connectivity index (χ0n) is 15.2. The fourth-order valence-electron chi connectivity index (χ4n) is 3.68. The Morgan fingerprint density at radius 1 is 0.321 bits per heavy atom. The molecule has 15 nitrogen and oxygen atoms in total. The summed E-state index contributed by atoms with van der Waals surface area (Å²) in [7, 11) is -33.6. The summed E-state index contributed by atoms with van der Waals surface area (Å²) >= 11 is 0. The molecule has 0 radical (unpaired) electrons. The second-order valence-electron chi connectivity index (χ2n) is 7.11. The molecule has 6 fully saturated rings. The van der Waals surface area contributed by atoms with Crippen LogP contribution in [-0.4, -0.2) is 85.6 Å². The van der Waals surface area contributed by atoms with Crippen molar-refractivity contribution >= 4 is 71.2 Å². The number of hydrogen-bond donors (Lipinski definition) is 3. The molecule has 6 rings (SSSR count). The molecule has 4 unspecified atom stereocenters. The van der Waals surface area contributed by atoms with E-state index in [1.54, 1.807) is 0 Å². The molecule has 6 aliphatic heterocycles. The van der Waals surface area contributed by atoms with Crippen molar-refractivity contribution < 1.29 is 63.8 Å². The Bertz CT molecular complexity index is 486. The van der Waals surface area contributed by atoms with Crippen LogP contribution in [0.4, 0.5) is 0 Å². The first-order valence-electron chi connectivity index (χ1n) is 8.07. The second kappa shape index (κ2) is 5.54. The molecule has 8 bridgehead atoms. The van der Waals surface area contributed by atoms with Crippen LogP contribution in [0.3, 0.4) is 0 Å². The van der Waals surface area contributed by atoms with E-state index in [4.69, 9.17) is 49.4 Å². The van der Waals surface area contributed by atoms with Crippen LogP contribution in [0.5, 0.6) is 0 Å². The van der Waals surface area contributed by atoms with Gasteiger partial charge in [-0.25, -0.2) is 0 Å². The standard InChI is InChI=1S/C5H18O15Si8/c1-21-9-22(2)12-24(4)13-23(3,10-21)15-27(7)18-25(5,11-21)17-26(6,14-22)19-28(8,16-24)20-27/h6-8H,1-5H3. The molecule has 0 aromatic heterocycles. The molecule has 160 valence electrons. The van der Waals surface area contributed by atoms with Gasteiger partial charge in [0.1, 0.15) is 0 Å². The van der Waals surface area contributed by atoms with Crippen molar-refractivity contribution in [1.29, 1.82) is 0 Å². The third kappa shape index (κ3) is 3.47. The van der Waals surface area contributed by atoms with Crippen molar-refractivity contribution in [3.8, 4) is 0 Å². The van der Waals surface area contributed by atoms with Crippen LogP contribution >= 0.6 is 0 Å². The normalized spacial score (nSPS) is 66.0. The second-order valence-corrected chi connectivity index (χ2v) is 28.7. The van der Waals surface area contributed by atoms with Crippen molar-refractivity contribution in [2.45, 2.75) is 32.7 Å². The van der Waals surface area contributed by atoms with E-state index in [9.17, 15) is 14.4 Å². The average Bonchev–Trinajstić information content (AvgIpc) is 2.22. The molecule has 4 atom stereocenters. The molecule has 0 amide bonds. The van der Waals surface area contributed by atoms with E-state index < -0.39 is 71.2 Å². The minimum absolute atomic E-state index is 1.35. The average molecular weight is 543 g/mol. The van der Waals surface area contributed by atoms with Gasteiger partial charge in [-0.05, 0) is 0 Å². The van der Waals surface area contributed by atoms with Crippen molar-refractivity contribution in [2.24, 2.45) is 0 Å². The molecule has 23 heteroatoms. The summed E-state index contributed by atoms with van der Waals surface area (Å²) in [6.07, 6.45) is 0. The maximum atomic E-state index is 11.0. The molecule has 0 spiro atoms. The van der Waals surface area contributed by atoms with Crippen LogP contribution in [0.25, 0.3) is 0 Å². The Kier molecular flexibility index (Phi) is 4.16. The Morgan fingerprint density at radius 2 is 0.500 bits per heavy atom. The van der Waals surface area contributed by atoms with Gasteiger partial charge in [-0.1, -0.05) is 0 Å². The molecule has 6 heterocycles. The molecular weight excluding hydrogens is 525 g/mol. The Morgan fingerprint density at radius 3 is 0.786 bits per heavy atom. The van der Waals surface area contributed by atoms with Gasteiger partial charge in [0, 0.05) is 32.7 Å². The van der Waals surface area contributed by atoms with Crippen molar-refractivity contribution in [3.63, 3.8) is 0 Å². The summed E-state index contributed by atoms with van der Waals surface area (Å²) in [5.41, 5.74) is 0. The van der Waals surface area contributed by atoms with Crippen LogP contribution in [0.15, 0.2) is 0 Å². The molecule has 3 N–H and O–H groups in total. The highest BCUT2D eigenvalue weighted by molar-refractivity contribution is 7.00. The quantitative estimate of drug-likeness (QED) is 0.271. The van der Waals surface area contributed by atoms with Gasteiger partial charge in [0.15, 0.2) is 0 Å². The Hall–Kier alpha value is 1.14. The molecule has 28 heavy (non-hydrogen) atoms. The topological polar surface area (TPSA) is 171 Å². The van der Waals surface area contributed by atoms with Gasteiger partial charge in [0.05, 0.1) is 0 Å². The third-order valence-electron chi connectivity index (χ3n) is 3.94. The SMILES string of the molecule is C[Si]12O[Si]3(C)O[Si]4(C)O[Si](C)(O1)O[Si]1(O)O[Si](C)(O2)O[Si](O)(O3)O[Si](O)(O4)O1. The monoisotopic (exact) mass is 542 g/mol. The van der Waals surface area contributed by atoms with E-state index in [0.29, 0.717) is 0 Å². The van der Waals surface area contributed by atoms with Gasteiger partial charge < -0.3 is 63.8 Å². The van der Waals surface area contributed by atoms with E-state index >= 15 is 0 Å². The minimum Gasteiger partial charge on any atom is -0.373 e. The summed E-state index contributed by atoms with van der Waals surface area (Å²) < 4.78 is 69.1. The predicted molar refractivity (Wildman–Crippen MR) is 95.0 cm³/mol. The van der Waals surface area contributed by atoms with E-state index in [-0.39, 0.29) is 0 Å². The zero-order valence-corrected chi connectivity index (χ0v) is 23.2. The largest absolute Gasteiger partial charge is 0.657 e. The molecular formula is C5H18O15Si8. The van der Waals surface area contributed by atoms with Gasteiger partial charge in [0.2, 0.25) is 0 Å². The fraction of sp³-hybridized carbons (Fsp3) is 1.00. The van der Waals surface area contributed by atoms with Crippen LogP contribution in [0.2, 0.25) is 32.7 Å². The van der Waals surface area contributed by atoms with E-state index in [1.807, 2.05) is 0 Å². The maximum Gasteiger partial charge on any atom is 0.657 e. The smallest absolute Gasteiger partial charge is 0.373 e.